The maximum atomic E-state index is 13.8. The van der Waals surface area contributed by atoms with E-state index in [1.807, 2.05) is 85.8 Å². The van der Waals surface area contributed by atoms with Crippen molar-refractivity contribution >= 4 is 31.8 Å². The molecule has 1 aromatic heterocycles. The van der Waals surface area contributed by atoms with Crippen molar-refractivity contribution in [1.82, 2.24) is 3.97 Å². The van der Waals surface area contributed by atoms with E-state index in [1.54, 1.807) is 26.0 Å². The molecule has 0 saturated heterocycles. The third-order valence-corrected chi connectivity index (χ3v) is 7.83. The number of aryl methyl sites for hydroxylation is 1. The molecule has 0 spiro atoms. The van der Waals surface area contributed by atoms with Crippen LogP contribution >= 0.6 is 0 Å². The zero-order valence-corrected chi connectivity index (χ0v) is 19.6. The first-order chi connectivity index (χ1) is 15.7. The Morgan fingerprint density at radius 2 is 1.39 bits per heavy atom. The number of hydrogen-bond acceptors (Lipinski definition) is 3. The topological polar surface area (TPSA) is 59.3 Å². The molecule has 5 heteroatoms. The molecule has 5 aromatic rings. The molecule has 0 bridgehead atoms. The summed E-state index contributed by atoms with van der Waals surface area (Å²) >= 11 is 0. The van der Waals surface area contributed by atoms with Crippen LogP contribution in [0.3, 0.4) is 0 Å². The van der Waals surface area contributed by atoms with E-state index in [4.69, 9.17) is 0 Å². The van der Waals surface area contributed by atoms with Crippen molar-refractivity contribution in [2.24, 2.45) is 0 Å². The smallest absolute Gasteiger partial charge is 0.268 e. The van der Waals surface area contributed by atoms with Crippen LogP contribution in [0.5, 0.6) is 0 Å². The molecule has 0 amide bonds. The number of para-hydroxylation sites is 1. The van der Waals surface area contributed by atoms with Crippen molar-refractivity contribution in [3.8, 4) is 11.1 Å². The molecule has 0 aliphatic carbocycles. The molecule has 0 atom stereocenters. The highest BCUT2D eigenvalue weighted by atomic mass is 32.2. The first-order valence-corrected chi connectivity index (χ1v) is 12.3. The van der Waals surface area contributed by atoms with Crippen LogP contribution in [0, 0.1) is 6.92 Å². The maximum Gasteiger partial charge on any atom is 0.268 e. The predicted octanol–water partition coefficient (Wildman–Crippen LogP) is 6.23. The lowest BCUT2D eigenvalue weighted by Crippen LogP contribution is -2.16. The minimum Gasteiger partial charge on any atom is -0.386 e. The Balaban J connectivity index is 1.84. The molecule has 0 fully saturated rings. The number of aliphatic hydroxyl groups is 1. The van der Waals surface area contributed by atoms with E-state index in [-0.39, 0.29) is 4.90 Å². The molecule has 0 radical (unpaired) electrons. The molecule has 1 N–H and O–H groups in total. The Bertz CT molecular complexity index is 1610. The molecule has 1 heterocycles. The molecule has 33 heavy (non-hydrogen) atoms. The molecular formula is C28H25NO3S. The van der Waals surface area contributed by atoms with Crippen molar-refractivity contribution in [3.05, 3.63) is 102 Å². The fraction of sp³-hybridized carbons (Fsp3) is 0.143. The lowest BCUT2D eigenvalue weighted by atomic mass is 9.89. The van der Waals surface area contributed by atoms with Gasteiger partial charge >= 0.3 is 0 Å². The van der Waals surface area contributed by atoms with Gasteiger partial charge in [-0.3, -0.25) is 0 Å². The van der Waals surface area contributed by atoms with E-state index < -0.39 is 15.6 Å². The van der Waals surface area contributed by atoms with Gasteiger partial charge in [0.15, 0.2) is 0 Å². The Morgan fingerprint density at radius 3 is 2.12 bits per heavy atom. The first-order valence-electron chi connectivity index (χ1n) is 10.9. The van der Waals surface area contributed by atoms with E-state index in [0.717, 1.165) is 33.0 Å². The molecule has 0 aliphatic rings. The molecule has 0 aliphatic heterocycles. The summed E-state index contributed by atoms with van der Waals surface area (Å²) in [6.07, 6.45) is 0. The zero-order valence-electron chi connectivity index (χ0n) is 18.8. The van der Waals surface area contributed by atoms with E-state index in [0.29, 0.717) is 11.0 Å². The van der Waals surface area contributed by atoms with Gasteiger partial charge in [0.25, 0.3) is 10.0 Å². The van der Waals surface area contributed by atoms with Crippen LogP contribution in [-0.2, 0) is 15.6 Å². The van der Waals surface area contributed by atoms with Crippen LogP contribution in [0.1, 0.15) is 25.0 Å². The van der Waals surface area contributed by atoms with Gasteiger partial charge < -0.3 is 5.11 Å². The largest absolute Gasteiger partial charge is 0.386 e. The molecule has 4 aromatic carbocycles. The Kier molecular flexibility index (Phi) is 4.92. The minimum absolute atomic E-state index is 0.248. The van der Waals surface area contributed by atoms with Gasteiger partial charge in [-0.1, -0.05) is 72.3 Å². The molecule has 166 valence electrons. The summed E-state index contributed by atoms with van der Waals surface area (Å²) in [5.74, 6) is 0. The summed E-state index contributed by atoms with van der Waals surface area (Å²) in [7, 11) is -3.84. The van der Waals surface area contributed by atoms with Crippen molar-refractivity contribution in [1.29, 1.82) is 0 Å². The van der Waals surface area contributed by atoms with Crippen LogP contribution in [0.15, 0.2) is 95.9 Å². The van der Waals surface area contributed by atoms with Gasteiger partial charge in [0.05, 0.1) is 21.5 Å². The lowest BCUT2D eigenvalue weighted by Gasteiger charge is -2.22. The van der Waals surface area contributed by atoms with E-state index in [2.05, 4.69) is 0 Å². The van der Waals surface area contributed by atoms with Gasteiger partial charge in [0.1, 0.15) is 0 Å². The Labute approximate surface area is 193 Å². The zero-order chi connectivity index (χ0) is 23.4. The molecule has 5 rings (SSSR count). The number of aromatic nitrogens is 1. The Morgan fingerprint density at radius 1 is 0.758 bits per heavy atom. The van der Waals surface area contributed by atoms with Crippen molar-refractivity contribution in [2.75, 3.05) is 0 Å². The van der Waals surface area contributed by atoms with Gasteiger partial charge in [-0.2, -0.15) is 0 Å². The molecule has 0 saturated carbocycles. The summed E-state index contributed by atoms with van der Waals surface area (Å²) in [6, 6.07) is 28.0. The second kappa shape index (κ2) is 7.58. The number of nitrogens with zero attached hydrogens (tertiary/aromatic N) is 1. The summed E-state index contributed by atoms with van der Waals surface area (Å²) in [4.78, 5) is 0.248. The van der Waals surface area contributed by atoms with E-state index >= 15 is 0 Å². The van der Waals surface area contributed by atoms with Crippen molar-refractivity contribution < 1.29 is 13.5 Å². The quantitative estimate of drug-likeness (QED) is 0.349. The van der Waals surface area contributed by atoms with E-state index in [9.17, 15) is 13.5 Å². The van der Waals surface area contributed by atoms with Crippen LogP contribution in [0.25, 0.3) is 32.9 Å². The van der Waals surface area contributed by atoms with Crippen LogP contribution in [0.2, 0.25) is 0 Å². The summed E-state index contributed by atoms with van der Waals surface area (Å²) < 4.78 is 29.1. The van der Waals surface area contributed by atoms with Crippen LogP contribution in [-0.4, -0.2) is 17.5 Å². The third-order valence-electron chi connectivity index (χ3n) is 6.09. The van der Waals surface area contributed by atoms with Crippen molar-refractivity contribution in [2.45, 2.75) is 31.3 Å². The summed E-state index contributed by atoms with van der Waals surface area (Å²) in [5.41, 5.74) is 3.72. The lowest BCUT2D eigenvalue weighted by molar-refractivity contribution is 0.0792. The molecule has 4 nitrogen and oxygen atoms in total. The number of benzene rings is 4. The second-order valence-corrected chi connectivity index (χ2v) is 10.7. The van der Waals surface area contributed by atoms with Crippen molar-refractivity contribution in [3.63, 3.8) is 0 Å². The standard InChI is InChI=1S/C28H25NO3S/c1-19-12-15-21(16-13-19)33(31,32)29-26-11-7-5-9-23(26)24-17-14-20(18-27(24)29)22-8-4-6-10-25(22)28(2,3)30/h4-18,30H,1-3H3. The second-order valence-electron chi connectivity index (χ2n) is 8.94. The van der Waals surface area contributed by atoms with Gasteiger partial charge in [-0.25, -0.2) is 12.4 Å². The number of hydrogen-bond donors (Lipinski definition) is 1. The fourth-order valence-corrected chi connectivity index (χ4v) is 5.97. The monoisotopic (exact) mass is 455 g/mol. The predicted molar refractivity (Wildman–Crippen MR) is 134 cm³/mol. The summed E-state index contributed by atoms with van der Waals surface area (Å²) in [6.45, 7) is 5.44. The molecule has 0 unspecified atom stereocenters. The highest BCUT2D eigenvalue weighted by Gasteiger charge is 2.25. The van der Waals surface area contributed by atoms with Gasteiger partial charge in [0.2, 0.25) is 0 Å². The number of rotatable bonds is 4. The minimum atomic E-state index is -3.84. The maximum absolute atomic E-state index is 13.8. The Hall–Kier alpha value is -3.41. The normalized spacial score (nSPS) is 12.5. The summed E-state index contributed by atoms with van der Waals surface area (Å²) in [5, 5.41) is 12.5. The fourth-order valence-electron chi connectivity index (χ4n) is 4.45. The highest BCUT2D eigenvalue weighted by Crippen LogP contribution is 2.37. The first kappa shape index (κ1) is 21.4. The average molecular weight is 456 g/mol. The van der Waals surface area contributed by atoms with Crippen LogP contribution in [0.4, 0.5) is 0 Å². The van der Waals surface area contributed by atoms with Gasteiger partial charge in [0, 0.05) is 10.8 Å². The SMILES string of the molecule is Cc1ccc(S(=O)(=O)n2c3ccccc3c3ccc(-c4ccccc4C(C)(C)O)cc32)cc1. The average Bonchev–Trinajstić information content (AvgIpc) is 3.13. The van der Waals surface area contributed by atoms with Gasteiger partial charge in [-0.05, 0) is 61.7 Å². The van der Waals surface area contributed by atoms with Gasteiger partial charge in [-0.15, -0.1) is 0 Å². The van der Waals surface area contributed by atoms with Crippen LogP contribution < -0.4 is 0 Å². The van der Waals surface area contributed by atoms with E-state index in [1.165, 1.54) is 3.97 Å². The highest BCUT2D eigenvalue weighted by molar-refractivity contribution is 7.90. The third kappa shape index (κ3) is 3.54. The molecular weight excluding hydrogens is 430 g/mol. The number of fused-ring (bicyclic) bond motifs is 3.